The Bertz CT molecular complexity index is 654. The lowest BCUT2D eigenvalue weighted by Crippen LogP contribution is -2.39. The van der Waals surface area contributed by atoms with Crippen molar-refractivity contribution in [1.82, 2.24) is 15.6 Å². The number of guanidine groups is 1. The third kappa shape index (κ3) is 5.32. The fourth-order valence-electron chi connectivity index (χ4n) is 2.22. The first-order chi connectivity index (χ1) is 11.1. The summed E-state index contributed by atoms with van der Waals surface area (Å²) < 4.78 is 1.10. The molecule has 6 heteroatoms. The molecule has 0 aliphatic carbocycles. The van der Waals surface area contributed by atoms with Gasteiger partial charge in [0.2, 0.25) is 0 Å². The Balaban J connectivity index is 1.84. The summed E-state index contributed by atoms with van der Waals surface area (Å²) in [6.07, 6.45) is 3.94. The van der Waals surface area contributed by atoms with Gasteiger partial charge in [0, 0.05) is 35.6 Å². The van der Waals surface area contributed by atoms with Gasteiger partial charge in [-0.05, 0) is 25.0 Å². The van der Waals surface area contributed by atoms with Gasteiger partial charge in [0.1, 0.15) is 0 Å². The molecule has 2 aromatic rings. The molecule has 0 aliphatic heterocycles. The Morgan fingerprint density at radius 2 is 2.17 bits per heavy atom. The SMILES string of the molecule is CCc1cnc(CCNC(=NC)NC(C)c2ccccc2Br)s1. The summed E-state index contributed by atoms with van der Waals surface area (Å²) in [5.41, 5.74) is 1.21. The molecule has 0 aliphatic rings. The number of hydrogen-bond acceptors (Lipinski definition) is 3. The Hall–Kier alpha value is -1.40. The van der Waals surface area contributed by atoms with Gasteiger partial charge in [0.25, 0.3) is 0 Å². The number of aryl methyl sites for hydroxylation is 1. The van der Waals surface area contributed by atoms with Crippen LogP contribution in [-0.2, 0) is 12.8 Å². The number of aliphatic imine (C=N–C) groups is 1. The van der Waals surface area contributed by atoms with Crippen molar-refractivity contribution in [2.75, 3.05) is 13.6 Å². The molecule has 0 amide bonds. The zero-order chi connectivity index (χ0) is 16.7. The van der Waals surface area contributed by atoms with E-state index in [1.165, 1.54) is 15.4 Å². The van der Waals surface area contributed by atoms with E-state index in [1.807, 2.05) is 18.3 Å². The van der Waals surface area contributed by atoms with Crippen molar-refractivity contribution in [1.29, 1.82) is 0 Å². The predicted octanol–water partition coefficient (Wildman–Crippen LogP) is 3.94. The van der Waals surface area contributed by atoms with Crippen LogP contribution in [0, 0.1) is 0 Å². The summed E-state index contributed by atoms with van der Waals surface area (Å²) in [5.74, 6) is 0.806. The van der Waals surface area contributed by atoms with Gasteiger partial charge in [-0.25, -0.2) is 4.98 Å². The molecule has 1 aromatic carbocycles. The predicted molar refractivity (Wildman–Crippen MR) is 102 cm³/mol. The summed E-state index contributed by atoms with van der Waals surface area (Å²) in [5, 5.41) is 7.94. The lowest BCUT2D eigenvalue weighted by molar-refractivity contribution is 0.681. The molecule has 0 saturated carbocycles. The van der Waals surface area contributed by atoms with Crippen LogP contribution in [0.4, 0.5) is 0 Å². The van der Waals surface area contributed by atoms with Crippen molar-refractivity contribution in [2.24, 2.45) is 4.99 Å². The minimum absolute atomic E-state index is 0.170. The molecule has 124 valence electrons. The first kappa shape index (κ1) is 17.9. The average molecular weight is 395 g/mol. The van der Waals surface area contributed by atoms with Crippen LogP contribution in [0.2, 0.25) is 0 Å². The van der Waals surface area contributed by atoms with Crippen molar-refractivity contribution in [2.45, 2.75) is 32.7 Å². The van der Waals surface area contributed by atoms with E-state index in [0.717, 1.165) is 29.8 Å². The summed E-state index contributed by atoms with van der Waals surface area (Å²) in [7, 11) is 1.79. The molecule has 1 atom stereocenters. The highest BCUT2D eigenvalue weighted by atomic mass is 79.9. The van der Waals surface area contributed by atoms with Crippen LogP contribution in [-0.4, -0.2) is 24.5 Å². The molecule has 0 saturated heterocycles. The molecule has 2 rings (SSSR count). The molecular formula is C17H23BrN4S. The normalized spacial score (nSPS) is 13.0. The number of nitrogens with one attached hydrogen (secondary N) is 2. The lowest BCUT2D eigenvalue weighted by Gasteiger charge is -2.19. The van der Waals surface area contributed by atoms with Crippen molar-refractivity contribution >= 4 is 33.2 Å². The second-order valence-corrected chi connectivity index (χ2v) is 7.26. The number of thiazole rings is 1. The summed E-state index contributed by atoms with van der Waals surface area (Å²) in [6, 6.07) is 8.39. The molecule has 0 spiro atoms. The molecule has 4 nitrogen and oxygen atoms in total. The maximum absolute atomic E-state index is 4.44. The zero-order valence-corrected chi connectivity index (χ0v) is 16.2. The molecule has 2 N–H and O–H groups in total. The monoisotopic (exact) mass is 394 g/mol. The highest BCUT2D eigenvalue weighted by molar-refractivity contribution is 9.10. The van der Waals surface area contributed by atoms with Gasteiger partial charge in [-0.15, -0.1) is 11.3 Å². The molecule has 0 bridgehead atoms. The van der Waals surface area contributed by atoms with Crippen LogP contribution in [0.15, 0.2) is 39.9 Å². The molecule has 1 heterocycles. The Kier molecular flexibility index (Phi) is 7.05. The van der Waals surface area contributed by atoms with Crippen LogP contribution in [0.1, 0.15) is 35.3 Å². The van der Waals surface area contributed by atoms with Crippen LogP contribution in [0.25, 0.3) is 0 Å². The lowest BCUT2D eigenvalue weighted by atomic mass is 10.1. The minimum atomic E-state index is 0.170. The van der Waals surface area contributed by atoms with E-state index < -0.39 is 0 Å². The van der Waals surface area contributed by atoms with Gasteiger partial charge in [-0.2, -0.15) is 0 Å². The first-order valence-corrected chi connectivity index (χ1v) is 9.40. The van der Waals surface area contributed by atoms with E-state index in [4.69, 9.17) is 0 Å². The number of halogens is 1. The van der Waals surface area contributed by atoms with Gasteiger partial charge in [-0.3, -0.25) is 4.99 Å². The zero-order valence-electron chi connectivity index (χ0n) is 13.8. The number of hydrogen-bond donors (Lipinski definition) is 2. The Morgan fingerprint density at radius 1 is 1.39 bits per heavy atom. The Morgan fingerprint density at radius 3 is 2.83 bits per heavy atom. The van der Waals surface area contributed by atoms with Crippen LogP contribution < -0.4 is 10.6 Å². The third-order valence-electron chi connectivity index (χ3n) is 3.53. The average Bonchev–Trinajstić information content (AvgIpc) is 3.02. The molecule has 1 aromatic heterocycles. The summed E-state index contributed by atoms with van der Waals surface area (Å²) in [6.45, 7) is 5.10. The van der Waals surface area contributed by atoms with Crippen molar-refractivity contribution in [3.05, 3.63) is 50.4 Å². The van der Waals surface area contributed by atoms with Crippen molar-refractivity contribution in [3.8, 4) is 0 Å². The quantitative estimate of drug-likeness (QED) is 0.576. The molecule has 1 unspecified atom stereocenters. The van der Waals surface area contributed by atoms with E-state index in [9.17, 15) is 0 Å². The minimum Gasteiger partial charge on any atom is -0.356 e. The van der Waals surface area contributed by atoms with Gasteiger partial charge in [0.05, 0.1) is 11.0 Å². The number of benzene rings is 1. The van der Waals surface area contributed by atoms with Gasteiger partial charge in [-0.1, -0.05) is 41.1 Å². The fraction of sp³-hybridized carbons (Fsp3) is 0.412. The van der Waals surface area contributed by atoms with E-state index in [-0.39, 0.29) is 6.04 Å². The first-order valence-electron chi connectivity index (χ1n) is 7.79. The van der Waals surface area contributed by atoms with Crippen molar-refractivity contribution < 1.29 is 0 Å². The van der Waals surface area contributed by atoms with Crippen LogP contribution in [0.5, 0.6) is 0 Å². The second kappa shape index (κ2) is 9.03. The number of aromatic nitrogens is 1. The second-order valence-electron chi connectivity index (χ2n) is 5.21. The highest BCUT2D eigenvalue weighted by Crippen LogP contribution is 2.22. The topological polar surface area (TPSA) is 49.3 Å². The molecule has 23 heavy (non-hydrogen) atoms. The summed E-state index contributed by atoms with van der Waals surface area (Å²) >= 11 is 5.38. The number of rotatable bonds is 6. The maximum atomic E-state index is 4.44. The van der Waals surface area contributed by atoms with E-state index in [2.05, 4.69) is 62.5 Å². The maximum Gasteiger partial charge on any atom is 0.191 e. The molecular weight excluding hydrogens is 372 g/mol. The highest BCUT2D eigenvalue weighted by Gasteiger charge is 2.10. The van der Waals surface area contributed by atoms with Gasteiger partial charge >= 0.3 is 0 Å². The fourth-order valence-corrected chi connectivity index (χ4v) is 3.71. The molecule has 0 radical (unpaired) electrons. The van der Waals surface area contributed by atoms with Crippen LogP contribution >= 0.6 is 27.3 Å². The van der Waals surface area contributed by atoms with E-state index >= 15 is 0 Å². The van der Waals surface area contributed by atoms with Crippen LogP contribution in [0.3, 0.4) is 0 Å². The summed E-state index contributed by atoms with van der Waals surface area (Å²) in [4.78, 5) is 10.1. The number of nitrogens with zero attached hydrogens (tertiary/aromatic N) is 2. The van der Waals surface area contributed by atoms with E-state index in [1.54, 1.807) is 18.4 Å². The molecule has 0 fully saturated rings. The van der Waals surface area contributed by atoms with Gasteiger partial charge < -0.3 is 10.6 Å². The van der Waals surface area contributed by atoms with Gasteiger partial charge in [0.15, 0.2) is 5.96 Å². The third-order valence-corrected chi connectivity index (χ3v) is 5.45. The Labute approximate surface area is 150 Å². The van der Waals surface area contributed by atoms with E-state index in [0.29, 0.717) is 0 Å². The smallest absolute Gasteiger partial charge is 0.191 e. The van der Waals surface area contributed by atoms with Crippen molar-refractivity contribution in [3.63, 3.8) is 0 Å². The largest absolute Gasteiger partial charge is 0.356 e. The standard InChI is InChI=1S/C17H23BrN4S/c1-4-13-11-21-16(23-13)9-10-20-17(19-3)22-12(2)14-7-5-6-8-15(14)18/h5-8,11-12H,4,9-10H2,1-3H3,(H2,19,20,22).